The van der Waals surface area contributed by atoms with Gasteiger partial charge in [-0.1, -0.05) is 6.07 Å². The first-order valence-corrected chi connectivity index (χ1v) is 7.96. The van der Waals surface area contributed by atoms with Crippen LogP contribution in [0.3, 0.4) is 0 Å². The summed E-state index contributed by atoms with van der Waals surface area (Å²) >= 11 is 0. The Kier molecular flexibility index (Phi) is 5.34. The zero-order valence-corrected chi connectivity index (χ0v) is 14.5. The highest BCUT2D eigenvalue weighted by Crippen LogP contribution is 2.24. The summed E-state index contributed by atoms with van der Waals surface area (Å²) in [5.41, 5.74) is 0.539. The van der Waals surface area contributed by atoms with Gasteiger partial charge in [0.1, 0.15) is 23.4 Å². The minimum absolute atomic E-state index is 0.177. The highest BCUT2D eigenvalue weighted by Gasteiger charge is 2.22. The van der Waals surface area contributed by atoms with Crippen molar-refractivity contribution in [2.75, 3.05) is 12.4 Å². The number of pyridine rings is 2. The van der Waals surface area contributed by atoms with E-state index in [1.807, 2.05) is 0 Å². The second-order valence-corrected chi connectivity index (χ2v) is 5.56. The van der Waals surface area contributed by atoms with Crippen LogP contribution < -0.4 is 10.1 Å². The van der Waals surface area contributed by atoms with E-state index in [0.717, 1.165) is 0 Å². The molecule has 0 aliphatic heterocycles. The Bertz CT molecular complexity index is 946. The summed E-state index contributed by atoms with van der Waals surface area (Å²) in [7, 11) is 1.41. The first-order valence-electron chi connectivity index (χ1n) is 7.96. The first kappa shape index (κ1) is 18.4. The third-order valence-corrected chi connectivity index (χ3v) is 3.81. The standard InChI is InChI=1S/C17H16F2N6O2/c1-10(14(18)19)25-9-21-24-15(25)12-6-3-7-13(22-12)23-16(26)11-5-4-8-20-17(11)27-2/h3-10,14H,1-2H3,(H,22,23,26)/t10-/m0/s1. The fourth-order valence-electron chi connectivity index (χ4n) is 2.38. The molecule has 0 bridgehead atoms. The van der Waals surface area contributed by atoms with Crippen molar-refractivity contribution in [2.45, 2.75) is 19.4 Å². The number of aromatic nitrogens is 5. The van der Waals surface area contributed by atoms with Crippen LogP contribution in [0, 0.1) is 0 Å². The number of methoxy groups -OCH3 is 1. The predicted molar refractivity (Wildman–Crippen MR) is 92.7 cm³/mol. The number of carbonyl (C=O) groups is 1. The Balaban J connectivity index is 1.87. The van der Waals surface area contributed by atoms with Gasteiger partial charge in [-0.2, -0.15) is 0 Å². The molecule has 0 spiro atoms. The maximum absolute atomic E-state index is 13.0. The quantitative estimate of drug-likeness (QED) is 0.713. The number of nitrogens with one attached hydrogen (secondary N) is 1. The van der Waals surface area contributed by atoms with Crippen molar-refractivity contribution in [3.05, 3.63) is 48.4 Å². The van der Waals surface area contributed by atoms with E-state index >= 15 is 0 Å². The van der Waals surface area contributed by atoms with E-state index in [1.54, 1.807) is 30.3 Å². The number of rotatable bonds is 6. The summed E-state index contributed by atoms with van der Waals surface area (Å²) in [5, 5.41) is 10.2. The average Bonchev–Trinajstić information content (AvgIpc) is 3.17. The predicted octanol–water partition coefficient (Wildman–Crippen LogP) is 2.82. The minimum Gasteiger partial charge on any atom is -0.480 e. The molecule has 0 fully saturated rings. The van der Waals surface area contributed by atoms with Gasteiger partial charge in [-0.15, -0.1) is 10.2 Å². The van der Waals surface area contributed by atoms with Crippen LogP contribution in [0.4, 0.5) is 14.6 Å². The Morgan fingerprint density at radius 3 is 2.81 bits per heavy atom. The van der Waals surface area contributed by atoms with Gasteiger partial charge in [0.2, 0.25) is 5.88 Å². The smallest absolute Gasteiger partial charge is 0.262 e. The van der Waals surface area contributed by atoms with E-state index in [9.17, 15) is 13.6 Å². The Hall–Kier alpha value is -3.43. The van der Waals surface area contributed by atoms with Crippen molar-refractivity contribution in [3.8, 4) is 17.4 Å². The van der Waals surface area contributed by atoms with Gasteiger partial charge < -0.3 is 14.6 Å². The Morgan fingerprint density at radius 2 is 2.07 bits per heavy atom. The number of anilines is 1. The molecule has 0 aliphatic carbocycles. The van der Waals surface area contributed by atoms with Gasteiger partial charge in [-0.3, -0.25) is 4.79 Å². The molecule has 3 aromatic heterocycles. The van der Waals surface area contributed by atoms with Gasteiger partial charge in [0.05, 0.1) is 13.2 Å². The zero-order chi connectivity index (χ0) is 19.4. The van der Waals surface area contributed by atoms with Crippen LogP contribution in [0.15, 0.2) is 42.9 Å². The molecule has 27 heavy (non-hydrogen) atoms. The normalized spacial score (nSPS) is 12.0. The van der Waals surface area contributed by atoms with Crippen LogP contribution in [-0.2, 0) is 0 Å². The van der Waals surface area contributed by atoms with Gasteiger partial charge in [-0.05, 0) is 31.2 Å². The lowest BCUT2D eigenvalue weighted by atomic mass is 10.2. The van der Waals surface area contributed by atoms with E-state index in [1.165, 1.54) is 31.1 Å². The second-order valence-electron chi connectivity index (χ2n) is 5.56. The lowest BCUT2D eigenvalue weighted by Gasteiger charge is -2.14. The van der Waals surface area contributed by atoms with Crippen molar-refractivity contribution in [2.24, 2.45) is 0 Å². The number of ether oxygens (including phenoxy) is 1. The van der Waals surface area contributed by atoms with E-state index < -0.39 is 18.4 Å². The van der Waals surface area contributed by atoms with Crippen molar-refractivity contribution in [3.63, 3.8) is 0 Å². The van der Waals surface area contributed by atoms with Gasteiger partial charge in [0.25, 0.3) is 12.3 Å². The van der Waals surface area contributed by atoms with Gasteiger partial charge in [-0.25, -0.2) is 18.7 Å². The molecule has 0 saturated carbocycles. The van der Waals surface area contributed by atoms with Crippen molar-refractivity contribution >= 4 is 11.7 Å². The van der Waals surface area contributed by atoms with E-state index in [2.05, 4.69) is 25.5 Å². The number of alkyl halides is 2. The third kappa shape index (κ3) is 3.89. The zero-order valence-electron chi connectivity index (χ0n) is 14.5. The molecule has 0 aromatic carbocycles. The molecule has 0 aliphatic rings. The molecule has 3 aromatic rings. The SMILES string of the molecule is COc1ncccc1C(=O)Nc1cccc(-c2nncn2[C@@H](C)C(F)F)n1. The molecular formula is C17H16F2N6O2. The summed E-state index contributed by atoms with van der Waals surface area (Å²) in [6.45, 7) is 1.36. The number of nitrogens with zero attached hydrogens (tertiary/aromatic N) is 5. The summed E-state index contributed by atoms with van der Waals surface area (Å²) < 4.78 is 32.4. The van der Waals surface area contributed by atoms with Crippen LogP contribution in [-0.4, -0.2) is 44.2 Å². The number of halogens is 2. The summed E-state index contributed by atoms with van der Waals surface area (Å²) in [4.78, 5) is 20.7. The average molecular weight is 374 g/mol. The molecule has 0 unspecified atom stereocenters. The lowest BCUT2D eigenvalue weighted by Crippen LogP contribution is -2.16. The Labute approximate surface area is 153 Å². The molecule has 0 radical (unpaired) electrons. The largest absolute Gasteiger partial charge is 0.480 e. The van der Waals surface area contributed by atoms with E-state index in [-0.39, 0.29) is 23.1 Å². The van der Waals surface area contributed by atoms with Gasteiger partial charge in [0, 0.05) is 6.20 Å². The lowest BCUT2D eigenvalue weighted by molar-refractivity contribution is 0.0919. The molecular weight excluding hydrogens is 358 g/mol. The molecule has 140 valence electrons. The highest BCUT2D eigenvalue weighted by atomic mass is 19.3. The molecule has 3 heterocycles. The summed E-state index contributed by atoms with van der Waals surface area (Å²) in [6.07, 6.45) is 0.145. The molecule has 1 amide bonds. The maximum atomic E-state index is 13.0. The molecule has 10 heteroatoms. The van der Waals surface area contributed by atoms with Gasteiger partial charge >= 0.3 is 0 Å². The van der Waals surface area contributed by atoms with Crippen LogP contribution in [0.2, 0.25) is 0 Å². The van der Waals surface area contributed by atoms with Crippen LogP contribution in [0.5, 0.6) is 5.88 Å². The second kappa shape index (κ2) is 7.85. The van der Waals surface area contributed by atoms with Crippen molar-refractivity contribution in [1.82, 2.24) is 24.7 Å². The van der Waals surface area contributed by atoms with E-state index in [0.29, 0.717) is 5.69 Å². The fraction of sp³-hybridized carbons (Fsp3) is 0.235. The molecule has 0 saturated heterocycles. The fourth-order valence-corrected chi connectivity index (χ4v) is 2.38. The summed E-state index contributed by atoms with van der Waals surface area (Å²) in [5.74, 6) is 0.115. The molecule has 3 rings (SSSR count). The van der Waals surface area contributed by atoms with Crippen molar-refractivity contribution < 1.29 is 18.3 Å². The Morgan fingerprint density at radius 1 is 1.26 bits per heavy atom. The van der Waals surface area contributed by atoms with Crippen LogP contribution in [0.1, 0.15) is 23.3 Å². The van der Waals surface area contributed by atoms with E-state index in [4.69, 9.17) is 4.74 Å². The number of amides is 1. The number of carbonyl (C=O) groups excluding carboxylic acids is 1. The molecule has 8 nitrogen and oxygen atoms in total. The third-order valence-electron chi connectivity index (χ3n) is 3.81. The molecule has 1 N–H and O–H groups in total. The maximum Gasteiger partial charge on any atom is 0.262 e. The van der Waals surface area contributed by atoms with Gasteiger partial charge in [0.15, 0.2) is 5.82 Å². The van der Waals surface area contributed by atoms with Crippen LogP contribution >= 0.6 is 0 Å². The minimum atomic E-state index is -2.58. The number of hydrogen-bond acceptors (Lipinski definition) is 6. The summed E-state index contributed by atoms with van der Waals surface area (Å²) in [6, 6.07) is 6.85. The highest BCUT2D eigenvalue weighted by molar-refractivity contribution is 6.05. The monoisotopic (exact) mass is 374 g/mol. The van der Waals surface area contributed by atoms with Crippen molar-refractivity contribution in [1.29, 1.82) is 0 Å². The van der Waals surface area contributed by atoms with Crippen LogP contribution in [0.25, 0.3) is 11.5 Å². The molecule has 1 atom stereocenters. The topological polar surface area (TPSA) is 94.8 Å². The first-order chi connectivity index (χ1) is 13.0. The number of hydrogen-bond donors (Lipinski definition) is 1.